The molecule has 1 N–H and O–H groups in total. The number of carbonyl (C=O) groups is 1. The molecule has 0 unspecified atom stereocenters. The van der Waals surface area contributed by atoms with Crippen LogP contribution in [-0.4, -0.2) is 22.6 Å². The molecule has 7 heteroatoms. The molecular formula is C10H8FNO5. The third kappa shape index (κ3) is 2.77. The van der Waals surface area contributed by atoms with E-state index in [4.69, 9.17) is 9.84 Å². The number of hydrogen-bond donors (Lipinski definition) is 1. The van der Waals surface area contributed by atoms with Gasteiger partial charge in [0.15, 0.2) is 11.6 Å². The molecule has 0 aliphatic rings. The van der Waals surface area contributed by atoms with Gasteiger partial charge in [-0.1, -0.05) is 12.7 Å². The molecule has 17 heavy (non-hydrogen) atoms. The molecule has 0 amide bonds. The summed E-state index contributed by atoms with van der Waals surface area (Å²) in [5.41, 5.74) is -1.45. The molecule has 0 saturated carbocycles. The number of nitrogens with zero attached hydrogens (tertiary/aromatic N) is 1. The van der Waals surface area contributed by atoms with Crippen LogP contribution in [0.4, 0.5) is 10.1 Å². The van der Waals surface area contributed by atoms with E-state index in [1.165, 1.54) is 6.08 Å². The zero-order valence-corrected chi connectivity index (χ0v) is 8.55. The maximum Gasteiger partial charge on any atom is 0.342 e. The van der Waals surface area contributed by atoms with E-state index in [9.17, 15) is 19.3 Å². The van der Waals surface area contributed by atoms with Crippen LogP contribution in [0.3, 0.4) is 0 Å². The number of aromatic carboxylic acids is 1. The predicted molar refractivity (Wildman–Crippen MR) is 55.7 cm³/mol. The Balaban J connectivity index is 3.29. The second-order valence-corrected chi connectivity index (χ2v) is 2.96. The smallest absolute Gasteiger partial charge is 0.342 e. The van der Waals surface area contributed by atoms with E-state index >= 15 is 0 Å². The Morgan fingerprint density at radius 3 is 2.76 bits per heavy atom. The van der Waals surface area contributed by atoms with Gasteiger partial charge in [-0.3, -0.25) is 10.1 Å². The summed E-state index contributed by atoms with van der Waals surface area (Å²) in [4.78, 5) is 20.3. The Morgan fingerprint density at radius 1 is 1.65 bits per heavy atom. The van der Waals surface area contributed by atoms with Crippen molar-refractivity contribution in [3.05, 3.63) is 46.3 Å². The Kier molecular flexibility index (Phi) is 3.76. The van der Waals surface area contributed by atoms with E-state index in [1.807, 2.05) is 0 Å². The number of ether oxygens (including phenoxy) is 1. The molecule has 0 aromatic heterocycles. The highest BCUT2D eigenvalue weighted by atomic mass is 19.1. The van der Waals surface area contributed by atoms with Crippen molar-refractivity contribution in [2.45, 2.75) is 0 Å². The summed E-state index contributed by atoms with van der Waals surface area (Å²) in [5, 5.41) is 19.3. The first-order chi connectivity index (χ1) is 7.97. The third-order valence-electron chi connectivity index (χ3n) is 1.83. The second kappa shape index (κ2) is 5.06. The van der Waals surface area contributed by atoms with Crippen molar-refractivity contribution >= 4 is 11.7 Å². The van der Waals surface area contributed by atoms with Crippen LogP contribution in [0.2, 0.25) is 0 Å². The van der Waals surface area contributed by atoms with Gasteiger partial charge in [0.2, 0.25) is 0 Å². The number of halogens is 1. The van der Waals surface area contributed by atoms with Gasteiger partial charge in [0.25, 0.3) is 5.69 Å². The van der Waals surface area contributed by atoms with Gasteiger partial charge in [0, 0.05) is 6.07 Å². The summed E-state index contributed by atoms with van der Waals surface area (Å²) in [7, 11) is 0. The van der Waals surface area contributed by atoms with Crippen molar-refractivity contribution in [1.29, 1.82) is 0 Å². The number of benzene rings is 1. The zero-order valence-electron chi connectivity index (χ0n) is 8.55. The van der Waals surface area contributed by atoms with E-state index in [0.717, 1.165) is 6.07 Å². The lowest BCUT2D eigenvalue weighted by atomic mass is 10.1. The van der Waals surface area contributed by atoms with E-state index in [-0.39, 0.29) is 12.4 Å². The SMILES string of the molecule is C=CCOc1cc(C(=O)O)c([N+](=O)[O-])cc1F. The molecule has 90 valence electrons. The Morgan fingerprint density at radius 2 is 2.29 bits per heavy atom. The van der Waals surface area contributed by atoms with Crippen LogP contribution in [0, 0.1) is 15.9 Å². The summed E-state index contributed by atoms with van der Waals surface area (Å²) in [6, 6.07) is 1.29. The molecule has 0 bridgehead atoms. The number of carboxylic acid groups (broad SMARTS) is 1. The molecular weight excluding hydrogens is 233 g/mol. The van der Waals surface area contributed by atoms with Crippen LogP contribution in [0.15, 0.2) is 24.8 Å². The first kappa shape index (κ1) is 12.6. The van der Waals surface area contributed by atoms with E-state index < -0.39 is 28.0 Å². The largest absolute Gasteiger partial charge is 0.486 e. The molecule has 6 nitrogen and oxygen atoms in total. The minimum atomic E-state index is -1.53. The fraction of sp³-hybridized carbons (Fsp3) is 0.100. The quantitative estimate of drug-likeness (QED) is 0.483. The summed E-state index contributed by atoms with van der Waals surface area (Å²) in [6.07, 6.45) is 1.33. The summed E-state index contributed by atoms with van der Waals surface area (Å²) in [6.45, 7) is 3.30. The van der Waals surface area contributed by atoms with Crippen molar-refractivity contribution in [3.8, 4) is 5.75 Å². The fourth-order valence-electron chi connectivity index (χ4n) is 1.12. The number of hydrogen-bond acceptors (Lipinski definition) is 4. The Labute approximate surface area is 95.1 Å². The van der Waals surface area contributed by atoms with Gasteiger partial charge in [-0.2, -0.15) is 0 Å². The summed E-state index contributed by atoms with van der Waals surface area (Å²) in [5.74, 6) is -2.89. The zero-order chi connectivity index (χ0) is 13.0. The van der Waals surface area contributed by atoms with Crippen LogP contribution in [0.25, 0.3) is 0 Å². The first-order valence-corrected chi connectivity index (χ1v) is 4.42. The van der Waals surface area contributed by atoms with Crippen molar-refractivity contribution in [2.24, 2.45) is 0 Å². The van der Waals surface area contributed by atoms with Gasteiger partial charge >= 0.3 is 5.97 Å². The van der Waals surface area contributed by atoms with Crippen LogP contribution in [0.1, 0.15) is 10.4 Å². The summed E-state index contributed by atoms with van der Waals surface area (Å²) >= 11 is 0. The molecule has 0 atom stereocenters. The van der Waals surface area contributed by atoms with Gasteiger partial charge in [-0.15, -0.1) is 0 Å². The molecule has 0 spiro atoms. The monoisotopic (exact) mass is 241 g/mol. The van der Waals surface area contributed by atoms with Gasteiger partial charge in [-0.25, -0.2) is 9.18 Å². The van der Waals surface area contributed by atoms with E-state index in [0.29, 0.717) is 6.07 Å². The van der Waals surface area contributed by atoms with Crippen LogP contribution >= 0.6 is 0 Å². The van der Waals surface area contributed by atoms with Gasteiger partial charge < -0.3 is 9.84 Å². The first-order valence-electron chi connectivity index (χ1n) is 4.42. The van der Waals surface area contributed by atoms with Gasteiger partial charge in [-0.05, 0) is 0 Å². The van der Waals surface area contributed by atoms with Crippen molar-refractivity contribution in [1.82, 2.24) is 0 Å². The molecule has 1 rings (SSSR count). The van der Waals surface area contributed by atoms with Crippen molar-refractivity contribution < 1.29 is 24.0 Å². The van der Waals surface area contributed by atoms with Crippen LogP contribution in [0.5, 0.6) is 5.75 Å². The molecule has 0 aliphatic heterocycles. The van der Waals surface area contributed by atoms with Crippen molar-refractivity contribution in [2.75, 3.05) is 6.61 Å². The average Bonchev–Trinajstić information content (AvgIpc) is 2.26. The lowest BCUT2D eigenvalue weighted by Crippen LogP contribution is -2.05. The van der Waals surface area contributed by atoms with Gasteiger partial charge in [0.1, 0.15) is 12.2 Å². The number of nitro benzene ring substituents is 1. The lowest BCUT2D eigenvalue weighted by Gasteiger charge is -2.06. The highest BCUT2D eigenvalue weighted by Gasteiger charge is 2.23. The predicted octanol–water partition coefficient (Wildman–Crippen LogP) is 2.00. The number of rotatable bonds is 5. The average molecular weight is 241 g/mol. The lowest BCUT2D eigenvalue weighted by molar-refractivity contribution is -0.385. The topological polar surface area (TPSA) is 89.7 Å². The van der Waals surface area contributed by atoms with Crippen LogP contribution in [-0.2, 0) is 0 Å². The standard InChI is InChI=1S/C10H8FNO5/c1-2-3-17-9-4-6(10(13)14)8(12(15)16)5-7(9)11/h2,4-5H,1,3H2,(H,13,14). The molecule has 1 aromatic carbocycles. The maximum absolute atomic E-state index is 13.3. The highest BCUT2D eigenvalue weighted by Crippen LogP contribution is 2.27. The number of carboxylic acids is 1. The molecule has 0 fully saturated rings. The minimum Gasteiger partial charge on any atom is -0.486 e. The molecule has 0 radical (unpaired) electrons. The Hall–Kier alpha value is -2.44. The molecule has 0 saturated heterocycles. The minimum absolute atomic E-state index is 0.0339. The molecule has 0 aliphatic carbocycles. The fourth-order valence-corrected chi connectivity index (χ4v) is 1.12. The third-order valence-corrected chi connectivity index (χ3v) is 1.83. The Bertz CT molecular complexity index is 486. The highest BCUT2D eigenvalue weighted by molar-refractivity contribution is 5.92. The molecule has 1 aromatic rings. The second-order valence-electron chi connectivity index (χ2n) is 2.96. The normalized spacial score (nSPS) is 9.71. The van der Waals surface area contributed by atoms with E-state index in [2.05, 4.69) is 6.58 Å². The van der Waals surface area contributed by atoms with Crippen LogP contribution < -0.4 is 4.74 Å². The van der Waals surface area contributed by atoms with E-state index in [1.54, 1.807) is 0 Å². The number of nitro groups is 1. The maximum atomic E-state index is 13.3. The van der Waals surface area contributed by atoms with Crippen molar-refractivity contribution in [3.63, 3.8) is 0 Å². The van der Waals surface area contributed by atoms with Gasteiger partial charge in [0.05, 0.1) is 11.0 Å². The summed E-state index contributed by atoms with van der Waals surface area (Å²) < 4.78 is 18.2. The molecule has 0 heterocycles.